The zero-order chi connectivity index (χ0) is 22.2. The molecule has 1 fully saturated rings. The van der Waals surface area contributed by atoms with Crippen molar-refractivity contribution in [1.29, 1.82) is 0 Å². The highest BCUT2D eigenvalue weighted by molar-refractivity contribution is 5.79. The molecule has 0 radical (unpaired) electrons. The van der Waals surface area contributed by atoms with Gasteiger partial charge in [-0.3, -0.25) is 23.7 Å². The summed E-state index contributed by atoms with van der Waals surface area (Å²) < 4.78 is 3.23. The normalized spacial score (nSPS) is 14.9. The summed E-state index contributed by atoms with van der Waals surface area (Å²) in [5, 5.41) is 0.421. The largest absolute Gasteiger partial charge is 0.342 e. The number of fused-ring (bicyclic) bond motifs is 2. The first kappa shape index (κ1) is 20.0. The number of aryl methyl sites for hydroxylation is 1. The molecule has 32 heavy (non-hydrogen) atoms. The van der Waals surface area contributed by atoms with Gasteiger partial charge in [-0.2, -0.15) is 0 Å². The van der Waals surface area contributed by atoms with Crippen LogP contribution in [-0.2, 0) is 11.3 Å². The van der Waals surface area contributed by atoms with Gasteiger partial charge in [0.25, 0.3) is 5.56 Å². The zero-order valence-corrected chi connectivity index (χ0v) is 17.4. The summed E-state index contributed by atoms with van der Waals surface area (Å²) in [5.41, 5.74) is 1.15. The van der Waals surface area contributed by atoms with Gasteiger partial charge in [0.05, 0.1) is 21.9 Å². The first-order valence-electron chi connectivity index (χ1n) is 10.7. The summed E-state index contributed by atoms with van der Waals surface area (Å²) in [6.07, 6.45) is 1.54. The molecule has 164 valence electrons. The van der Waals surface area contributed by atoms with E-state index in [4.69, 9.17) is 0 Å². The predicted molar refractivity (Wildman–Crippen MR) is 121 cm³/mol. The van der Waals surface area contributed by atoms with E-state index in [1.807, 2.05) is 24.3 Å². The summed E-state index contributed by atoms with van der Waals surface area (Å²) in [6, 6.07) is 14.5. The van der Waals surface area contributed by atoms with Gasteiger partial charge < -0.3 is 9.88 Å². The number of piperidine rings is 1. The van der Waals surface area contributed by atoms with E-state index in [0.29, 0.717) is 36.8 Å². The molecule has 0 saturated carbocycles. The molecule has 5 rings (SSSR count). The lowest BCUT2D eigenvalue weighted by atomic mass is 10.0. The second kappa shape index (κ2) is 7.99. The Morgan fingerprint density at radius 2 is 1.56 bits per heavy atom. The Kier molecular flexibility index (Phi) is 5.01. The second-order valence-corrected chi connectivity index (χ2v) is 8.11. The minimum absolute atomic E-state index is 0.0356. The van der Waals surface area contributed by atoms with Crippen molar-refractivity contribution in [2.24, 2.45) is 0 Å². The van der Waals surface area contributed by atoms with Crippen LogP contribution in [0.5, 0.6) is 0 Å². The number of para-hydroxylation sites is 3. The molecule has 1 aliphatic rings. The molecule has 0 atom stereocenters. The molecule has 0 spiro atoms. The monoisotopic (exact) mass is 433 g/mol. The van der Waals surface area contributed by atoms with E-state index < -0.39 is 11.2 Å². The zero-order valence-electron chi connectivity index (χ0n) is 17.4. The molecule has 1 saturated heterocycles. The molecular formula is C23H23N5O4. The fourth-order valence-electron chi connectivity index (χ4n) is 4.64. The molecule has 9 heteroatoms. The van der Waals surface area contributed by atoms with Crippen molar-refractivity contribution in [1.82, 2.24) is 24.0 Å². The first-order chi connectivity index (χ1) is 15.5. The van der Waals surface area contributed by atoms with Crippen LogP contribution in [-0.4, -0.2) is 43.0 Å². The quantitative estimate of drug-likeness (QED) is 0.509. The number of carbonyl (C=O) groups excluding carboxylic acids is 1. The van der Waals surface area contributed by atoms with Crippen molar-refractivity contribution in [2.45, 2.75) is 31.8 Å². The van der Waals surface area contributed by atoms with Crippen molar-refractivity contribution in [3.8, 4) is 0 Å². The van der Waals surface area contributed by atoms with E-state index in [1.54, 1.807) is 33.7 Å². The molecule has 2 aromatic heterocycles. The van der Waals surface area contributed by atoms with Crippen molar-refractivity contribution < 1.29 is 4.79 Å². The minimum Gasteiger partial charge on any atom is -0.342 e. The number of carbonyl (C=O) groups is 1. The third-order valence-corrected chi connectivity index (χ3v) is 6.26. The molecule has 4 aromatic rings. The third-order valence-electron chi connectivity index (χ3n) is 6.26. The molecule has 3 heterocycles. The highest BCUT2D eigenvalue weighted by atomic mass is 16.2. The van der Waals surface area contributed by atoms with Crippen LogP contribution in [0.2, 0.25) is 0 Å². The van der Waals surface area contributed by atoms with Gasteiger partial charge in [0.1, 0.15) is 0 Å². The summed E-state index contributed by atoms with van der Waals surface area (Å²) in [6.45, 7) is 1.30. The highest BCUT2D eigenvalue weighted by Crippen LogP contribution is 2.25. The maximum absolute atomic E-state index is 12.8. The van der Waals surface area contributed by atoms with Gasteiger partial charge >= 0.3 is 11.4 Å². The lowest BCUT2D eigenvalue weighted by Crippen LogP contribution is -2.41. The van der Waals surface area contributed by atoms with E-state index in [2.05, 4.69) is 9.97 Å². The van der Waals surface area contributed by atoms with Crippen LogP contribution in [0.4, 0.5) is 0 Å². The number of likely N-dealkylation sites (tertiary alicyclic amines) is 1. The van der Waals surface area contributed by atoms with Crippen LogP contribution in [0.15, 0.2) is 62.9 Å². The van der Waals surface area contributed by atoms with E-state index in [1.165, 1.54) is 4.57 Å². The smallest absolute Gasteiger partial charge is 0.328 e. The lowest BCUT2D eigenvalue weighted by Gasteiger charge is -2.32. The molecular weight excluding hydrogens is 410 g/mol. The number of H-pyrrole nitrogens is 2. The molecule has 2 aromatic carbocycles. The Balaban J connectivity index is 1.27. The SMILES string of the molecule is O=C(CCn1c(=O)[nH]c(=O)c2ccccc21)N1CCC(n2c(=O)[nH]c3ccccc32)CC1. The van der Waals surface area contributed by atoms with Crippen LogP contribution >= 0.6 is 0 Å². The number of rotatable bonds is 4. The summed E-state index contributed by atoms with van der Waals surface area (Å²) in [5.74, 6) is -0.0445. The average Bonchev–Trinajstić information content (AvgIpc) is 3.14. The van der Waals surface area contributed by atoms with Gasteiger partial charge in [0.2, 0.25) is 5.91 Å². The topological polar surface area (TPSA) is 113 Å². The van der Waals surface area contributed by atoms with E-state index >= 15 is 0 Å². The summed E-state index contributed by atoms with van der Waals surface area (Å²) in [7, 11) is 0. The molecule has 0 unspecified atom stereocenters. The van der Waals surface area contributed by atoms with Crippen molar-refractivity contribution in [3.05, 3.63) is 79.9 Å². The Bertz CT molecular complexity index is 1480. The highest BCUT2D eigenvalue weighted by Gasteiger charge is 2.26. The minimum atomic E-state index is -0.515. The van der Waals surface area contributed by atoms with Crippen LogP contribution in [0.25, 0.3) is 21.9 Å². The maximum Gasteiger partial charge on any atom is 0.328 e. The Morgan fingerprint density at radius 1 is 0.875 bits per heavy atom. The van der Waals surface area contributed by atoms with Crippen LogP contribution in [0.3, 0.4) is 0 Å². The summed E-state index contributed by atoms with van der Waals surface area (Å²) >= 11 is 0. The molecule has 1 amide bonds. The number of imidazole rings is 1. The van der Waals surface area contributed by atoms with E-state index in [-0.39, 0.29) is 30.6 Å². The van der Waals surface area contributed by atoms with Crippen molar-refractivity contribution >= 4 is 27.8 Å². The van der Waals surface area contributed by atoms with Gasteiger partial charge in [-0.05, 0) is 37.1 Å². The average molecular weight is 433 g/mol. The Hall–Kier alpha value is -3.88. The maximum atomic E-state index is 12.8. The number of benzene rings is 2. The number of nitrogens with zero attached hydrogens (tertiary/aromatic N) is 3. The molecule has 0 aliphatic carbocycles. The Morgan fingerprint density at radius 3 is 2.34 bits per heavy atom. The van der Waals surface area contributed by atoms with Crippen LogP contribution < -0.4 is 16.9 Å². The van der Waals surface area contributed by atoms with Crippen LogP contribution in [0, 0.1) is 0 Å². The standard InChI is InChI=1S/C23H23N5O4/c29-20(11-14-27-18-7-3-1-5-16(18)21(30)25-22(27)31)26-12-9-15(10-13-26)28-19-8-4-2-6-17(19)24-23(28)32/h1-8,15H,9-14H2,(H,24,32)(H,25,30,31). The number of amides is 1. The van der Waals surface area contributed by atoms with Crippen molar-refractivity contribution in [2.75, 3.05) is 13.1 Å². The third kappa shape index (κ3) is 3.45. The summed E-state index contributed by atoms with van der Waals surface area (Å²) in [4.78, 5) is 56.6. The van der Waals surface area contributed by atoms with Gasteiger partial charge in [0.15, 0.2) is 0 Å². The number of nitrogens with one attached hydrogen (secondary N) is 2. The lowest BCUT2D eigenvalue weighted by molar-refractivity contribution is -0.132. The second-order valence-electron chi connectivity index (χ2n) is 8.11. The number of hydrogen-bond donors (Lipinski definition) is 2. The number of aromatic nitrogens is 4. The first-order valence-corrected chi connectivity index (χ1v) is 10.7. The Labute approximate surface area is 181 Å². The van der Waals surface area contributed by atoms with Gasteiger partial charge in [-0.1, -0.05) is 24.3 Å². The van der Waals surface area contributed by atoms with Crippen LogP contribution in [0.1, 0.15) is 25.3 Å². The molecule has 2 N–H and O–H groups in total. The number of aromatic amines is 2. The molecule has 0 bridgehead atoms. The fraction of sp³-hybridized carbons (Fsp3) is 0.304. The van der Waals surface area contributed by atoms with Gasteiger partial charge in [0, 0.05) is 32.1 Å². The van der Waals surface area contributed by atoms with E-state index in [9.17, 15) is 19.2 Å². The fourth-order valence-corrected chi connectivity index (χ4v) is 4.64. The van der Waals surface area contributed by atoms with Gasteiger partial charge in [-0.15, -0.1) is 0 Å². The van der Waals surface area contributed by atoms with Gasteiger partial charge in [-0.25, -0.2) is 9.59 Å². The van der Waals surface area contributed by atoms with Crippen molar-refractivity contribution in [3.63, 3.8) is 0 Å². The predicted octanol–water partition coefficient (Wildman–Crippen LogP) is 1.59. The molecule has 9 nitrogen and oxygen atoms in total. The number of hydrogen-bond acceptors (Lipinski definition) is 4. The molecule has 1 aliphatic heterocycles. The van der Waals surface area contributed by atoms with E-state index in [0.717, 1.165) is 11.0 Å².